The molecule has 1 aromatic carbocycles. The van der Waals surface area contributed by atoms with Crippen LogP contribution in [0.4, 0.5) is 0 Å². The van der Waals surface area contributed by atoms with Gasteiger partial charge in [-0.25, -0.2) is 0 Å². The van der Waals surface area contributed by atoms with E-state index in [9.17, 15) is 0 Å². The van der Waals surface area contributed by atoms with Crippen molar-refractivity contribution in [1.29, 1.82) is 0 Å². The van der Waals surface area contributed by atoms with E-state index < -0.39 is 0 Å². The van der Waals surface area contributed by atoms with Crippen molar-refractivity contribution in [2.75, 3.05) is 32.9 Å². The molecule has 0 radical (unpaired) electrons. The second kappa shape index (κ2) is 12.3. The lowest BCUT2D eigenvalue weighted by Crippen LogP contribution is -2.46. The van der Waals surface area contributed by atoms with Crippen LogP contribution in [0, 0.1) is 0 Å². The van der Waals surface area contributed by atoms with E-state index in [4.69, 9.17) is 19.2 Å². The predicted molar refractivity (Wildman–Crippen MR) is 135 cm³/mol. The molecule has 31 heavy (non-hydrogen) atoms. The summed E-state index contributed by atoms with van der Waals surface area (Å²) in [5.74, 6) is 1.92. The summed E-state index contributed by atoms with van der Waals surface area (Å²) in [6.45, 7) is 6.13. The number of hydrogen-bond donors (Lipinski definition) is 2. The fourth-order valence-corrected chi connectivity index (χ4v) is 4.91. The Morgan fingerprint density at radius 1 is 1.19 bits per heavy atom. The number of ether oxygens (including phenoxy) is 3. The fourth-order valence-electron chi connectivity index (χ4n) is 4.91. The van der Waals surface area contributed by atoms with Gasteiger partial charge in [-0.3, -0.25) is 4.99 Å². The van der Waals surface area contributed by atoms with Gasteiger partial charge in [-0.1, -0.05) is 18.2 Å². The third kappa shape index (κ3) is 6.71. The van der Waals surface area contributed by atoms with E-state index in [-0.39, 0.29) is 35.6 Å². The monoisotopic (exact) mass is 543 g/mol. The summed E-state index contributed by atoms with van der Waals surface area (Å²) >= 11 is 0. The molecule has 1 spiro atoms. The van der Waals surface area contributed by atoms with Crippen molar-refractivity contribution < 1.29 is 14.2 Å². The number of aliphatic imine (C=N–C) groups is 1. The van der Waals surface area contributed by atoms with Gasteiger partial charge < -0.3 is 24.8 Å². The third-order valence-corrected chi connectivity index (χ3v) is 6.46. The van der Waals surface area contributed by atoms with Crippen LogP contribution in [0.1, 0.15) is 69.9 Å². The van der Waals surface area contributed by atoms with Crippen molar-refractivity contribution in [3.8, 4) is 5.75 Å². The maximum atomic E-state index is 6.50. The second-order valence-corrected chi connectivity index (χ2v) is 8.73. The van der Waals surface area contributed by atoms with Gasteiger partial charge in [0.05, 0.1) is 12.1 Å². The summed E-state index contributed by atoms with van der Waals surface area (Å²) in [6.07, 6.45) is 9.13. The van der Waals surface area contributed by atoms with E-state index >= 15 is 0 Å². The first-order chi connectivity index (χ1) is 14.8. The molecule has 6 nitrogen and oxygen atoms in total. The van der Waals surface area contributed by atoms with Crippen LogP contribution in [-0.2, 0) is 9.47 Å². The Morgan fingerprint density at radius 3 is 2.74 bits per heavy atom. The standard InChI is InChI=1S/C24H37N3O3.HI/c1-2-25-23(26-14-7-15-29-19-10-16-28-17-11-19)27-21-18-24(12-5-6-13-24)30-22-9-4-3-8-20(21)22;/h3-4,8-9,19,21H,2,5-7,10-18H2,1H3,(H2,25,26,27);1H. The van der Waals surface area contributed by atoms with Crippen LogP contribution in [0.2, 0.25) is 0 Å². The fraction of sp³-hybridized carbons (Fsp3) is 0.708. The van der Waals surface area contributed by atoms with Crippen LogP contribution in [0.5, 0.6) is 5.75 Å². The van der Waals surface area contributed by atoms with Crippen molar-refractivity contribution in [3.05, 3.63) is 29.8 Å². The molecule has 1 aromatic rings. The molecule has 2 fully saturated rings. The summed E-state index contributed by atoms with van der Waals surface area (Å²) in [5.41, 5.74) is 1.23. The number of rotatable bonds is 7. The summed E-state index contributed by atoms with van der Waals surface area (Å²) < 4.78 is 17.9. The number of halogens is 1. The zero-order chi connectivity index (χ0) is 20.7. The van der Waals surface area contributed by atoms with Crippen molar-refractivity contribution >= 4 is 29.9 Å². The Morgan fingerprint density at radius 2 is 1.97 bits per heavy atom. The van der Waals surface area contributed by atoms with Crippen LogP contribution >= 0.6 is 24.0 Å². The first-order valence-electron chi connectivity index (χ1n) is 11.8. The average Bonchev–Trinajstić information content (AvgIpc) is 3.21. The molecule has 1 saturated heterocycles. The maximum absolute atomic E-state index is 6.50. The first kappa shape index (κ1) is 24.6. The Hall–Kier alpha value is -1.06. The molecule has 0 bridgehead atoms. The average molecular weight is 543 g/mol. The minimum Gasteiger partial charge on any atom is -0.487 e. The van der Waals surface area contributed by atoms with Crippen molar-refractivity contribution in [2.24, 2.45) is 4.99 Å². The van der Waals surface area contributed by atoms with Crippen LogP contribution in [0.15, 0.2) is 29.3 Å². The van der Waals surface area contributed by atoms with Gasteiger partial charge in [0.15, 0.2) is 5.96 Å². The van der Waals surface area contributed by atoms with Gasteiger partial charge in [0, 0.05) is 44.9 Å². The Kier molecular flexibility index (Phi) is 9.72. The Balaban J connectivity index is 0.00000272. The molecule has 2 aliphatic heterocycles. The predicted octanol–water partition coefficient (Wildman–Crippen LogP) is 4.58. The van der Waals surface area contributed by atoms with E-state index in [1.807, 2.05) is 0 Å². The Bertz CT molecular complexity index is 703. The number of guanidine groups is 1. The summed E-state index contributed by atoms with van der Waals surface area (Å²) in [5, 5.41) is 7.13. The molecule has 1 atom stereocenters. The highest BCUT2D eigenvalue weighted by molar-refractivity contribution is 14.0. The minimum atomic E-state index is -0.0130. The largest absolute Gasteiger partial charge is 0.487 e. The quantitative estimate of drug-likeness (QED) is 0.228. The van der Waals surface area contributed by atoms with Crippen LogP contribution in [0.3, 0.4) is 0 Å². The van der Waals surface area contributed by atoms with Crippen LogP contribution < -0.4 is 15.4 Å². The van der Waals surface area contributed by atoms with Crippen molar-refractivity contribution in [2.45, 2.75) is 76.0 Å². The summed E-state index contributed by atoms with van der Waals surface area (Å²) in [6, 6.07) is 8.69. The smallest absolute Gasteiger partial charge is 0.191 e. The van der Waals surface area contributed by atoms with Gasteiger partial charge in [0.2, 0.25) is 0 Å². The summed E-state index contributed by atoms with van der Waals surface area (Å²) in [4.78, 5) is 4.83. The molecular formula is C24H38IN3O3. The number of nitrogens with one attached hydrogen (secondary N) is 2. The highest BCUT2D eigenvalue weighted by Gasteiger charge is 2.43. The number of hydrogen-bond acceptors (Lipinski definition) is 4. The van der Waals surface area contributed by atoms with Gasteiger partial charge in [0.1, 0.15) is 11.4 Å². The summed E-state index contributed by atoms with van der Waals surface area (Å²) in [7, 11) is 0. The number of fused-ring (bicyclic) bond motifs is 1. The number of nitrogens with zero attached hydrogens (tertiary/aromatic N) is 1. The van der Waals surface area contributed by atoms with Gasteiger partial charge in [-0.15, -0.1) is 24.0 Å². The van der Waals surface area contributed by atoms with E-state index in [0.717, 1.165) is 83.1 Å². The highest BCUT2D eigenvalue weighted by atomic mass is 127. The van der Waals surface area contributed by atoms with E-state index in [1.165, 1.54) is 18.4 Å². The van der Waals surface area contributed by atoms with Gasteiger partial charge in [-0.2, -0.15) is 0 Å². The van der Waals surface area contributed by atoms with E-state index in [1.54, 1.807) is 0 Å². The first-order valence-corrected chi connectivity index (χ1v) is 11.8. The van der Waals surface area contributed by atoms with Gasteiger partial charge in [-0.05, 0) is 57.9 Å². The molecule has 0 amide bonds. The normalized spacial score (nSPS) is 23.0. The zero-order valence-corrected chi connectivity index (χ0v) is 21.1. The molecule has 2 N–H and O–H groups in total. The molecular weight excluding hydrogens is 505 g/mol. The van der Waals surface area contributed by atoms with Crippen LogP contribution in [-0.4, -0.2) is 50.6 Å². The topological polar surface area (TPSA) is 64.1 Å². The molecule has 4 rings (SSSR count). The van der Waals surface area contributed by atoms with E-state index in [0.29, 0.717) is 6.10 Å². The third-order valence-electron chi connectivity index (χ3n) is 6.46. The Labute approximate surface area is 203 Å². The van der Waals surface area contributed by atoms with Crippen molar-refractivity contribution in [1.82, 2.24) is 10.6 Å². The van der Waals surface area contributed by atoms with Gasteiger partial charge >= 0.3 is 0 Å². The molecule has 1 aliphatic carbocycles. The maximum Gasteiger partial charge on any atom is 0.191 e. The number of para-hydroxylation sites is 1. The highest BCUT2D eigenvalue weighted by Crippen LogP contribution is 2.46. The zero-order valence-electron chi connectivity index (χ0n) is 18.7. The minimum absolute atomic E-state index is 0. The molecule has 7 heteroatoms. The van der Waals surface area contributed by atoms with Crippen molar-refractivity contribution in [3.63, 3.8) is 0 Å². The lowest BCUT2D eigenvalue weighted by Gasteiger charge is -2.40. The van der Waals surface area contributed by atoms with Gasteiger partial charge in [0.25, 0.3) is 0 Å². The van der Waals surface area contributed by atoms with Crippen LogP contribution in [0.25, 0.3) is 0 Å². The molecule has 3 aliphatic rings. The molecule has 1 saturated carbocycles. The number of benzene rings is 1. The van der Waals surface area contributed by atoms with E-state index in [2.05, 4.69) is 41.8 Å². The lowest BCUT2D eigenvalue weighted by atomic mass is 9.86. The molecule has 2 heterocycles. The molecule has 1 unspecified atom stereocenters. The molecule has 0 aromatic heterocycles. The lowest BCUT2D eigenvalue weighted by molar-refractivity contribution is -0.0318. The SMILES string of the molecule is CCNC(=NCCCOC1CCOCC1)NC1CC2(CCCC2)Oc2ccccc21.I. The molecule has 174 valence electrons. The second-order valence-electron chi connectivity index (χ2n) is 8.73.